The number of benzene rings is 2. The number of pyridine rings is 1. The van der Waals surface area contributed by atoms with Crippen LogP contribution in [0.1, 0.15) is 63.5 Å². The van der Waals surface area contributed by atoms with Gasteiger partial charge in [0, 0.05) is 23.6 Å². The smallest absolute Gasteiger partial charge is 0.305 e. The summed E-state index contributed by atoms with van der Waals surface area (Å²) in [5.41, 5.74) is 6.27. The van der Waals surface area contributed by atoms with Gasteiger partial charge in [-0.15, -0.1) is 0 Å². The van der Waals surface area contributed by atoms with Gasteiger partial charge in [-0.3, -0.25) is 4.79 Å². The molecule has 0 bridgehead atoms. The average Bonchev–Trinajstić information content (AvgIpc) is 3.66. The number of hydrogen-bond donors (Lipinski definition) is 3. The maximum atomic E-state index is 13.5. The van der Waals surface area contributed by atoms with Crippen molar-refractivity contribution in [2.75, 3.05) is 0 Å². The summed E-state index contributed by atoms with van der Waals surface area (Å²) in [6, 6.07) is 14.9. The highest BCUT2D eigenvalue weighted by Gasteiger charge is 2.30. The van der Waals surface area contributed by atoms with Gasteiger partial charge < -0.3 is 15.3 Å². The van der Waals surface area contributed by atoms with E-state index in [1.165, 1.54) is 23.8 Å². The normalized spacial score (nSPS) is 15.6. The van der Waals surface area contributed by atoms with Crippen LogP contribution >= 0.6 is 0 Å². The van der Waals surface area contributed by atoms with E-state index < -0.39 is 24.6 Å². The Balaban J connectivity index is 1.55. The molecule has 208 valence electrons. The number of carbonyl (C=O) groups is 1. The summed E-state index contributed by atoms with van der Waals surface area (Å²) in [5.74, 6) is -0.935. The topological polar surface area (TPSA) is 108 Å². The van der Waals surface area contributed by atoms with Crippen molar-refractivity contribution in [2.45, 2.75) is 70.1 Å². The third-order valence-corrected chi connectivity index (χ3v) is 7.12. The number of carboxylic acids is 1. The lowest BCUT2D eigenvalue weighted by atomic mass is 9.94. The van der Waals surface area contributed by atoms with E-state index in [4.69, 9.17) is 15.2 Å². The average molecular weight is 544 g/mol. The van der Waals surface area contributed by atoms with Crippen LogP contribution in [-0.4, -0.2) is 48.3 Å². The molecular formula is C32H34FN3O4. The zero-order valence-corrected chi connectivity index (χ0v) is 22.9. The van der Waals surface area contributed by atoms with E-state index in [2.05, 4.69) is 32.9 Å². The molecule has 1 aliphatic carbocycles. The van der Waals surface area contributed by atoms with Crippen LogP contribution in [0.3, 0.4) is 0 Å². The molecule has 3 N–H and O–H groups in total. The summed E-state index contributed by atoms with van der Waals surface area (Å²) in [4.78, 5) is 15.5. The van der Waals surface area contributed by atoms with Crippen LogP contribution in [0.15, 0.2) is 60.8 Å². The maximum absolute atomic E-state index is 13.5. The van der Waals surface area contributed by atoms with E-state index >= 15 is 0 Å². The van der Waals surface area contributed by atoms with E-state index in [1.54, 1.807) is 24.4 Å². The van der Waals surface area contributed by atoms with Crippen LogP contribution in [-0.2, 0) is 10.3 Å². The predicted octanol–water partition coefficient (Wildman–Crippen LogP) is 6.14. The van der Waals surface area contributed by atoms with Crippen molar-refractivity contribution in [3.8, 4) is 22.4 Å². The molecular weight excluding hydrogens is 509 g/mol. The molecule has 2 unspecified atom stereocenters. The molecule has 7 nitrogen and oxygen atoms in total. The monoisotopic (exact) mass is 543 g/mol. The van der Waals surface area contributed by atoms with E-state index in [9.17, 15) is 19.4 Å². The van der Waals surface area contributed by atoms with Crippen LogP contribution in [0, 0.1) is 5.82 Å². The number of hydrogen-bond acceptors (Lipinski definition) is 5. The first-order valence-corrected chi connectivity index (χ1v) is 13.5. The third-order valence-electron chi connectivity index (χ3n) is 7.12. The summed E-state index contributed by atoms with van der Waals surface area (Å²) in [6.07, 6.45) is 4.57. The Kier molecular flexibility index (Phi) is 7.57. The van der Waals surface area contributed by atoms with Crippen LogP contribution in [0.5, 0.6) is 0 Å². The molecule has 1 saturated carbocycles. The lowest BCUT2D eigenvalue weighted by molar-refractivity contribution is -0.139. The summed E-state index contributed by atoms with van der Waals surface area (Å²) in [6.45, 7) is 6.24. The van der Waals surface area contributed by atoms with Crippen molar-refractivity contribution >= 4 is 23.1 Å². The van der Waals surface area contributed by atoms with Gasteiger partial charge >= 0.3 is 5.97 Å². The number of rotatable bonds is 9. The lowest BCUT2D eigenvalue weighted by Gasteiger charge is -2.19. The predicted molar refractivity (Wildman–Crippen MR) is 153 cm³/mol. The van der Waals surface area contributed by atoms with Gasteiger partial charge in [-0.1, -0.05) is 42.5 Å². The standard InChI is InChI=1S/C32H34FN3O4/c1-32(2,3)36-31-28(14-19(18-34-31)4-12-24(37)16-25(38)17-29(39)40)30(35-36)26-13-9-22(15-27(26)21-5-6-21)20-7-10-23(33)11-8-20/h4,7-15,18,21,24-25,37-38H,5-6,16-17H2,1-3H3,(H,39,40)/b12-4+. The van der Waals surface area contributed by atoms with Crippen LogP contribution in [0.4, 0.5) is 4.39 Å². The molecule has 1 fully saturated rings. The summed E-state index contributed by atoms with van der Waals surface area (Å²) in [7, 11) is 0. The Labute approximate surface area is 232 Å². The van der Waals surface area contributed by atoms with Crippen LogP contribution in [0.2, 0.25) is 0 Å². The zero-order chi connectivity index (χ0) is 28.6. The minimum Gasteiger partial charge on any atom is -0.481 e. The minimum atomic E-state index is -1.13. The highest BCUT2D eigenvalue weighted by molar-refractivity contribution is 5.94. The van der Waals surface area contributed by atoms with Crippen molar-refractivity contribution in [3.05, 3.63) is 77.7 Å². The van der Waals surface area contributed by atoms with Crippen molar-refractivity contribution in [3.63, 3.8) is 0 Å². The highest BCUT2D eigenvalue weighted by Crippen LogP contribution is 2.46. The van der Waals surface area contributed by atoms with Crippen molar-refractivity contribution < 1.29 is 24.5 Å². The van der Waals surface area contributed by atoms with E-state index in [1.807, 2.05) is 16.8 Å². The third kappa shape index (κ3) is 6.13. The van der Waals surface area contributed by atoms with E-state index in [-0.39, 0.29) is 17.8 Å². The van der Waals surface area contributed by atoms with Gasteiger partial charge in [0.1, 0.15) is 11.5 Å². The molecule has 2 aromatic heterocycles. The number of aromatic nitrogens is 3. The molecule has 0 radical (unpaired) electrons. The lowest BCUT2D eigenvalue weighted by Crippen LogP contribution is -2.23. The first-order chi connectivity index (χ1) is 19.0. The first-order valence-electron chi connectivity index (χ1n) is 13.5. The molecule has 0 amide bonds. The van der Waals surface area contributed by atoms with Gasteiger partial charge in [0.2, 0.25) is 0 Å². The maximum Gasteiger partial charge on any atom is 0.305 e. The fourth-order valence-electron chi connectivity index (χ4n) is 4.97. The van der Waals surface area contributed by atoms with Crippen molar-refractivity contribution in [1.29, 1.82) is 0 Å². The molecule has 0 aliphatic heterocycles. The zero-order valence-electron chi connectivity index (χ0n) is 22.9. The molecule has 0 spiro atoms. The Bertz CT molecular complexity index is 1570. The Hall–Kier alpha value is -3.88. The number of fused-ring (bicyclic) bond motifs is 1. The van der Waals surface area contributed by atoms with Gasteiger partial charge in [0.15, 0.2) is 5.65 Å². The number of aliphatic hydroxyl groups is 2. The number of aliphatic carboxylic acids is 1. The molecule has 0 saturated heterocycles. The molecule has 4 aromatic rings. The number of halogens is 1. The Morgan fingerprint density at radius 3 is 2.45 bits per heavy atom. The van der Waals surface area contributed by atoms with E-state index in [0.29, 0.717) is 5.92 Å². The molecule has 8 heteroatoms. The fraction of sp³-hybridized carbons (Fsp3) is 0.344. The Morgan fingerprint density at radius 1 is 1.10 bits per heavy atom. The number of aliphatic hydroxyl groups excluding tert-OH is 2. The number of nitrogens with zero attached hydrogens (tertiary/aromatic N) is 3. The number of carboxylic acid groups (broad SMARTS) is 1. The summed E-state index contributed by atoms with van der Waals surface area (Å²) in [5, 5.41) is 34.9. The van der Waals surface area contributed by atoms with E-state index in [0.717, 1.165) is 51.8 Å². The molecule has 5 rings (SSSR count). The van der Waals surface area contributed by atoms with Gasteiger partial charge in [0.25, 0.3) is 0 Å². The molecule has 2 atom stereocenters. The second kappa shape index (κ2) is 10.9. The SMILES string of the molecule is CC(C)(C)n1nc(-c2ccc(-c3ccc(F)cc3)cc2C2CC2)c2cc(/C=C/C(O)CC(O)CC(=O)O)cnc21. The summed E-state index contributed by atoms with van der Waals surface area (Å²) < 4.78 is 15.5. The minimum absolute atomic E-state index is 0.0726. The van der Waals surface area contributed by atoms with Crippen LogP contribution in [0.25, 0.3) is 39.5 Å². The highest BCUT2D eigenvalue weighted by atomic mass is 19.1. The molecule has 40 heavy (non-hydrogen) atoms. The molecule has 2 aromatic carbocycles. The largest absolute Gasteiger partial charge is 0.481 e. The fourth-order valence-corrected chi connectivity index (χ4v) is 4.97. The van der Waals surface area contributed by atoms with Gasteiger partial charge in [-0.05, 0) is 80.0 Å². The first kappa shape index (κ1) is 27.7. The summed E-state index contributed by atoms with van der Waals surface area (Å²) >= 11 is 0. The van der Waals surface area contributed by atoms with Gasteiger partial charge in [-0.2, -0.15) is 5.10 Å². The van der Waals surface area contributed by atoms with Gasteiger partial charge in [0.05, 0.1) is 24.2 Å². The quantitative estimate of drug-likeness (QED) is 0.234. The Morgan fingerprint density at radius 2 is 1.80 bits per heavy atom. The van der Waals surface area contributed by atoms with Crippen molar-refractivity contribution in [2.24, 2.45) is 0 Å². The van der Waals surface area contributed by atoms with Gasteiger partial charge in [-0.25, -0.2) is 14.1 Å². The second-order valence-electron chi connectivity index (χ2n) is 11.6. The second-order valence-corrected chi connectivity index (χ2v) is 11.6. The van der Waals surface area contributed by atoms with Crippen LogP contribution < -0.4 is 0 Å². The molecule has 2 heterocycles. The molecule has 1 aliphatic rings. The van der Waals surface area contributed by atoms with Crippen molar-refractivity contribution in [1.82, 2.24) is 14.8 Å².